The lowest BCUT2D eigenvalue weighted by molar-refractivity contribution is 0.0857. The van der Waals surface area contributed by atoms with Crippen LogP contribution in [-0.2, 0) is 6.42 Å². The number of hydrogen-bond acceptors (Lipinski definition) is 2. The lowest BCUT2D eigenvalue weighted by Gasteiger charge is -2.18. The second-order valence-corrected chi connectivity index (χ2v) is 6.82. The van der Waals surface area contributed by atoms with Gasteiger partial charge in [-0.15, -0.1) is 0 Å². The Labute approximate surface area is 139 Å². The quantitative estimate of drug-likeness (QED) is 0.794. The number of nitrogens with one attached hydrogen (secondary N) is 1. The second kappa shape index (κ2) is 5.91. The topological polar surface area (TPSA) is 49.3 Å². The zero-order valence-corrected chi connectivity index (χ0v) is 14.2. The van der Waals surface area contributed by atoms with E-state index in [1.54, 1.807) is 6.07 Å². The highest BCUT2D eigenvalue weighted by Gasteiger charge is 2.32. The third kappa shape index (κ3) is 2.91. The summed E-state index contributed by atoms with van der Waals surface area (Å²) in [5.74, 6) is -0.205. The average molecular weight is 411 g/mol. The van der Waals surface area contributed by atoms with Crippen molar-refractivity contribution < 1.29 is 9.90 Å². The largest absolute Gasteiger partial charge is 0.390 e. The van der Waals surface area contributed by atoms with Gasteiger partial charge in [-0.3, -0.25) is 4.79 Å². The van der Waals surface area contributed by atoms with Crippen molar-refractivity contribution in [3.63, 3.8) is 0 Å². The number of carbonyl (C=O) groups is 1. The van der Waals surface area contributed by atoms with Gasteiger partial charge in [0.05, 0.1) is 17.7 Å². The molecule has 2 aromatic rings. The molecule has 2 N–H and O–H groups in total. The van der Waals surface area contributed by atoms with Crippen molar-refractivity contribution in [2.45, 2.75) is 18.6 Å². The summed E-state index contributed by atoms with van der Waals surface area (Å²) in [5, 5.41) is 13.1. The Morgan fingerprint density at radius 1 is 1.19 bits per heavy atom. The van der Waals surface area contributed by atoms with Crippen LogP contribution in [-0.4, -0.2) is 17.1 Å². The Hall–Kier alpha value is -1.17. The molecular formula is C16H13Br2NO2. The molecule has 5 heteroatoms. The Balaban J connectivity index is 1.87. The molecule has 0 radical (unpaired) electrons. The first-order valence-electron chi connectivity index (χ1n) is 6.58. The molecule has 21 heavy (non-hydrogen) atoms. The molecule has 2 atom stereocenters. The van der Waals surface area contributed by atoms with E-state index < -0.39 is 6.10 Å². The molecule has 0 bridgehead atoms. The fourth-order valence-electron chi connectivity index (χ4n) is 2.64. The molecule has 0 saturated heterocycles. The van der Waals surface area contributed by atoms with Crippen LogP contribution in [0.2, 0.25) is 0 Å². The maximum atomic E-state index is 12.5. The molecule has 1 amide bonds. The average Bonchev–Trinajstić information content (AvgIpc) is 2.78. The van der Waals surface area contributed by atoms with Crippen molar-refractivity contribution in [3.05, 3.63) is 68.1 Å². The number of amides is 1. The van der Waals surface area contributed by atoms with Crippen LogP contribution < -0.4 is 5.32 Å². The molecule has 1 aliphatic carbocycles. The summed E-state index contributed by atoms with van der Waals surface area (Å²) in [6, 6.07) is 12.9. The minimum Gasteiger partial charge on any atom is -0.390 e. The van der Waals surface area contributed by atoms with E-state index in [2.05, 4.69) is 37.2 Å². The molecule has 3 nitrogen and oxygen atoms in total. The van der Waals surface area contributed by atoms with Crippen molar-refractivity contribution in [2.24, 2.45) is 0 Å². The van der Waals surface area contributed by atoms with Gasteiger partial charge < -0.3 is 10.4 Å². The second-order valence-electron chi connectivity index (χ2n) is 5.05. The number of carbonyl (C=O) groups excluding carboxylic acids is 1. The van der Waals surface area contributed by atoms with Crippen LogP contribution in [0.3, 0.4) is 0 Å². The number of rotatable bonds is 2. The van der Waals surface area contributed by atoms with E-state index in [1.165, 1.54) is 0 Å². The molecule has 0 saturated carbocycles. The van der Waals surface area contributed by atoms with E-state index in [0.717, 1.165) is 20.1 Å². The number of halogens is 2. The van der Waals surface area contributed by atoms with E-state index in [1.807, 2.05) is 36.4 Å². The van der Waals surface area contributed by atoms with Crippen LogP contribution in [0.1, 0.15) is 27.5 Å². The van der Waals surface area contributed by atoms with Gasteiger partial charge in [-0.2, -0.15) is 0 Å². The predicted octanol–water partition coefficient (Wildman–Crippen LogP) is 3.60. The lowest BCUT2D eigenvalue weighted by Crippen LogP contribution is -2.34. The van der Waals surface area contributed by atoms with Crippen molar-refractivity contribution in [1.82, 2.24) is 5.32 Å². The van der Waals surface area contributed by atoms with E-state index in [0.29, 0.717) is 12.0 Å². The van der Waals surface area contributed by atoms with Gasteiger partial charge in [0.1, 0.15) is 0 Å². The summed E-state index contributed by atoms with van der Waals surface area (Å²) in [5.41, 5.74) is 2.62. The van der Waals surface area contributed by atoms with Gasteiger partial charge in [-0.1, -0.05) is 40.2 Å². The summed E-state index contributed by atoms with van der Waals surface area (Å²) in [4.78, 5) is 12.5. The minimum atomic E-state index is -0.586. The van der Waals surface area contributed by atoms with Gasteiger partial charge in [0.2, 0.25) is 0 Å². The fraction of sp³-hybridized carbons (Fsp3) is 0.188. The molecule has 3 rings (SSSR count). The highest BCUT2D eigenvalue weighted by atomic mass is 79.9. The van der Waals surface area contributed by atoms with E-state index in [9.17, 15) is 9.90 Å². The highest BCUT2D eigenvalue weighted by molar-refractivity contribution is 9.11. The lowest BCUT2D eigenvalue weighted by atomic mass is 10.1. The number of hydrogen-bond donors (Lipinski definition) is 2. The number of benzene rings is 2. The number of aliphatic hydroxyl groups is 1. The smallest absolute Gasteiger partial charge is 0.253 e. The minimum absolute atomic E-state index is 0.205. The standard InChI is InChI=1S/C16H13Br2NO2/c17-10-5-6-13(18)12(8-10)16(21)19-15-11-4-2-1-3-9(11)7-14(15)20/h1-6,8,14-15,20H,7H2,(H,19,21)/t14-,15+/m1/s1. The molecule has 0 unspecified atom stereocenters. The van der Waals surface area contributed by atoms with Gasteiger partial charge in [-0.25, -0.2) is 0 Å². The van der Waals surface area contributed by atoms with E-state index >= 15 is 0 Å². The van der Waals surface area contributed by atoms with E-state index in [4.69, 9.17) is 0 Å². The van der Waals surface area contributed by atoms with Crippen LogP contribution in [0.25, 0.3) is 0 Å². The Morgan fingerprint density at radius 3 is 2.76 bits per heavy atom. The number of fused-ring (bicyclic) bond motifs is 1. The Morgan fingerprint density at radius 2 is 1.95 bits per heavy atom. The van der Waals surface area contributed by atoms with Crippen LogP contribution in [0.4, 0.5) is 0 Å². The summed E-state index contributed by atoms with van der Waals surface area (Å²) < 4.78 is 1.56. The molecular weight excluding hydrogens is 398 g/mol. The van der Waals surface area contributed by atoms with Crippen LogP contribution >= 0.6 is 31.9 Å². The fourth-order valence-corrected chi connectivity index (χ4v) is 3.43. The van der Waals surface area contributed by atoms with Crippen molar-refractivity contribution in [2.75, 3.05) is 0 Å². The molecule has 0 aliphatic heterocycles. The maximum absolute atomic E-state index is 12.5. The normalized spacial score (nSPS) is 20.1. The molecule has 0 aromatic heterocycles. The first-order valence-corrected chi connectivity index (χ1v) is 8.16. The van der Waals surface area contributed by atoms with Crippen molar-refractivity contribution in [1.29, 1.82) is 0 Å². The molecule has 0 spiro atoms. The summed E-state index contributed by atoms with van der Waals surface area (Å²) >= 11 is 6.75. The SMILES string of the molecule is O=C(N[C@H]1c2ccccc2C[C@H]1O)c1cc(Br)ccc1Br. The Kier molecular flexibility index (Phi) is 4.15. The number of aliphatic hydroxyl groups excluding tert-OH is 1. The third-order valence-corrected chi connectivity index (χ3v) is 4.85. The highest BCUT2D eigenvalue weighted by Crippen LogP contribution is 2.32. The maximum Gasteiger partial charge on any atom is 0.253 e. The third-order valence-electron chi connectivity index (χ3n) is 3.66. The first-order chi connectivity index (χ1) is 10.1. The van der Waals surface area contributed by atoms with Gasteiger partial charge in [0, 0.05) is 15.4 Å². The monoisotopic (exact) mass is 409 g/mol. The first kappa shape index (κ1) is 14.8. The van der Waals surface area contributed by atoms with E-state index in [-0.39, 0.29) is 11.9 Å². The summed E-state index contributed by atoms with van der Waals surface area (Å²) in [7, 11) is 0. The van der Waals surface area contributed by atoms with Gasteiger partial charge in [0.15, 0.2) is 0 Å². The molecule has 0 fully saturated rings. The predicted molar refractivity (Wildman–Crippen MR) is 88.2 cm³/mol. The Bertz CT molecular complexity index is 702. The van der Waals surface area contributed by atoms with Crippen LogP contribution in [0, 0.1) is 0 Å². The molecule has 0 heterocycles. The van der Waals surface area contributed by atoms with Crippen molar-refractivity contribution >= 4 is 37.8 Å². The van der Waals surface area contributed by atoms with Gasteiger partial charge in [0.25, 0.3) is 5.91 Å². The summed E-state index contributed by atoms with van der Waals surface area (Å²) in [6.07, 6.45) is -0.0156. The zero-order valence-electron chi connectivity index (χ0n) is 11.0. The zero-order chi connectivity index (χ0) is 15.0. The van der Waals surface area contributed by atoms with Crippen LogP contribution in [0.5, 0.6) is 0 Å². The molecule has 2 aromatic carbocycles. The summed E-state index contributed by atoms with van der Waals surface area (Å²) in [6.45, 7) is 0. The van der Waals surface area contributed by atoms with Gasteiger partial charge >= 0.3 is 0 Å². The molecule has 108 valence electrons. The molecule has 1 aliphatic rings. The van der Waals surface area contributed by atoms with Gasteiger partial charge in [-0.05, 0) is 45.3 Å². The van der Waals surface area contributed by atoms with Crippen LogP contribution in [0.15, 0.2) is 51.4 Å². The van der Waals surface area contributed by atoms with Crippen molar-refractivity contribution in [3.8, 4) is 0 Å².